The Labute approximate surface area is 176 Å². The summed E-state index contributed by atoms with van der Waals surface area (Å²) in [6, 6.07) is 13.9. The fourth-order valence-electron chi connectivity index (χ4n) is 3.03. The molecule has 1 fully saturated rings. The molecule has 2 aromatic carbocycles. The van der Waals surface area contributed by atoms with Crippen LogP contribution in [0.2, 0.25) is 0 Å². The van der Waals surface area contributed by atoms with Crippen LogP contribution in [-0.4, -0.2) is 53.3 Å². The van der Waals surface area contributed by atoms with Crippen LogP contribution in [-0.2, 0) is 25.8 Å². The summed E-state index contributed by atoms with van der Waals surface area (Å²) >= 11 is 0.345. The number of methoxy groups -OCH3 is 1. The molecule has 1 aliphatic heterocycles. The lowest BCUT2D eigenvalue weighted by molar-refractivity contribution is -0.136. The average Bonchev–Trinajstić information content (AvgIpc) is 2.99. The van der Waals surface area contributed by atoms with E-state index in [9.17, 15) is 22.8 Å². The SMILES string of the molecule is COc1ccc(S(=O)(=O)C2(Cc3ccccc3)SC(=O)N(CC(=O)NO)C2=O)cc1. The molecule has 30 heavy (non-hydrogen) atoms. The molecule has 3 rings (SSSR count). The van der Waals surface area contributed by atoms with Crippen molar-refractivity contribution in [1.29, 1.82) is 0 Å². The predicted octanol–water partition coefficient (Wildman–Crippen LogP) is 1.61. The molecule has 1 saturated heterocycles. The summed E-state index contributed by atoms with van der Waals surface area (Å²) in [4.78, 5) is 37.7. The van der Waals surface area contributed by atoms with Crippen LogP contribution in [0.1, 0.15) is 5.56 Å². The van der Waals surface area contributed by atoms with E-state index in [1.807, 2.05) is 0 Å². The number of nitrogens with one attached hydrogen (secondary N) is 1. The highest BCUT2D eigenvalue weighted by Gasteiger charge is 2.62. The van der Waals surface area contributed by atoms with E-state index < -0.39 is 37.5 Å². The fraction of sp³-hybridized carbons (Fsp3) is 0.211. The zero-order chi connectivity index (χ0) is 21.9. The van der Waals surface area contributed by atoms with Gasteiger partial charge in [0.05, 0.1) is 12.0 Å². The summed E-state index contributed by atoms with van der Waals surface area (Å²) < 4.78 is 30.1. The van der Waals surface area contributed by atoms with Gasteiger partial charge < -0.3 is 4.74 Å². The van der Waals surface area contributed by atoms with Crippen molar-refractivity contribution < 1.29 is 32.7 Å². The maximum absolute atomic E-state index is 13.6. The molecule has 11 heteroatoms. The van der Waals surface area contributed by atoms with E-state index in [4.69, 9.17) is 9.94 Å². The Balaban J connectivity index is 2.12. The van der Waals surface area contributed by atoms with Crippen LogP contribution in [0.25, 0.3) is 0 Å². The van der Waals surface area contributed by atoms with Crippen LogP contribution in [0.4, 0.5) is 4.79 Å². The van der Waals surface area contributed by atoms with E-state index in [0.29, 0.717) is 28.0 Å². The van der Waals surface area contributed by atoms with Crippen molar-refractivity contribution >= 4 is 38.7 Å². The van der Waals surface area contributed by atoms with Crippen LogP contribution in [0, 0.1) is 0 Å². The zero-order valence-electron chi connectivity index (χ0n) is 15.8. The van der Waals surface area contributed by atoms with Crippen molar-refractivity contribution in [2.45, 2.75) is 15.4 Å². The standard InChI is InChI=1S/C19H18N2O7S2/c1-28-14-7-9-15(10-8-14)30(26,27)19(11-13-5-3-2-4-6-13)17(23)21(18(24)29-19)12-16(22)20-25/h2-10,25H,11-12H2,1H3,(H,20,22). The molecule has 1 heterocycles. The highest BCUT2D eigenvalue weighted by molar-refractivity contribution is 8.25. The number of thioether (sulfide) groups is 1. The smallest absolute Gasteiger partial charge is 0.290 e. The Morgan fingerprint density at radius 2 is 1.77 bits per heavy atom. The van der Waals surface area contributed by atoms with Gasteiger partial charge in [0.2, 0.25) is 13.9 Å². The van der Waals surface area contributed by atoms with Gasteiger partial charge in [-0.05, 0) is 41.6 Å². The highest BCUT2D eigenvalue weighted by atomic mass is 32.3. The molecule has 0 bridgehead atoms. The molecule has 2 aromatic rings. The van der Waals surface area contributed by atoms with Gasteiger partial charge in [-0.15, -0.1) is 0 Å². The van der Waals surface area contributed by atoms with Crippen molar-refractivity contribution in [2.24, 2.45) is 0 Å². The number of sulfone groups is 1. The van der Waals surface area contributed by atoms with Crippen LogP contribution in [0.15, 0.2) is 59.5 Å². The first kappa shape index (κ1) is 21.8. The Hall–Kier alpha value is -2.89. The van der Waals surface area contributed by atoms with Crippen molar-refractivity contribution in [1.82, 2.24) is 10.4 Å². The molecule has 1 atom stereocenters. The summed E-state index contributed by atoms with van der Waals surface area (Å²) in [5, 5.41) is 7.84. The van der Waals surface area contributed by atoms with Crippen LogP contribution in [0.3, 0.4) is 0 Å². The summed E-state index contributed by atoms with van der Waals surface area (Å²) in [6.45, 7) is -0.796. The Bertz CT molecular complexity index is 1070. The van der Waals surface area contributed by atoms with E-state index in [2.05, 4.69) is 0 Å². The van der Waals surface area contributed by atoms with Crippen molar-refractivity contribution in [2.75, 3.05) is 13.7 Å². The first-order valence-electron chi connectivity index (χ1n) is 8.65. The topological polar surface area (TPSA) is 130 Å². The number of rotatable bonds is 7. The first-order valence-corrected chi connectivity index (χ1v) is 11.0. The lowest BCUT2D eigenvalue weighted by Crippen LogP contribution is -2.49. The van der Waals surface area contributed by atoms with Gasteiger partial charge in [0, 0.05) is 6.42 Å². The third-order valence-electron chi connectivity index (χ3n) is 4.55. The summed E-state index contributed by atoms with van der Waals surface area (Å²) in [5.74, 6) is -1.63. The molecule has 2 N–H and O–H groups in total. The van der Waals surface area contributed by atoms with Gasteiger partial charge in [-0.3, -0.25) is 24.5 Å². The summed E-state index contributed by atoms with van der Waals surface area (Å²) in [6.07, 6.45) is -0.283. The number of hydrogen-bond acceptors (Lipinski definition) is 8. The van der Waals surface area contributed by atoms with Crippen LogP contribution < -0.4 is 10.2 Å². The number of amides is 3. The van der Waals surface area contributed by atoms with E-state index >= 15 is 0 Å². The van der Waals surface area contributed by atoms with Gasteiger partial charge in [-0.2, -0.15) is 0 Å². The summed E-state index contributed by atoms with van der Waals surface area (Å²) in [5.41, 5.74) is 1.86. The van der Waals surface area contributed by atoms with Crippen molar-refractivity contribution in [3.05, 3.63) is 60.2 Å². The number of benzene rings is 2. The van der Waals surface area contributed by atoms with Crippen LogP contribution >= 0.6 is 11.8 Å². The van der Waals surface area contributed by atoms with Crippen LogP contribution in [0.5, 0.6) is 5.75 Å². The molecule has 0 aliphatic carbocycles. The lowest BCUT2D eigenvalue weighted by Gasteiger charge is -2.26. The zero-order valence-corrected chi connectivity index (χ0v) is 17.4. The number of hydrogen-bond donors (Lipinski definition) is 2. The number of carbonyl (C=O) groups is 3. The van der Waals surface area contributed by atoms with E-state index in [0.717, 1.165) is 0 Å². The van der Waals surface area contributed by atoms with Gasteiger partial charge >= 0.3 is 0 Å². The molecule has 3 amide bonds. The quantitative estimate of drug-likeness (QED) is 0.481. The molecule has 0 spiro atoms. The fourth-order valence-corrected chi connectivity index (χ4v) is 6.52. The molecular formula is C19H18N2O7S2. The monoisotopic (exact) mass is 450 g/mol. The van der Waals surface area contributed by atoms with Gasteiger partial charge in [-0.1, -0.05) is 30.3 Å². The van der Waals surface area contributed by atoms with Gasteiger partial charge in [0.15, 0.2) is 0 Å². The lowest BCUT2D eigenvalue weighted by atomic mass is 10.1. The third-order valence-corrected chi connectivity index (χ3v) is 8.59. The first-order chi connectivity index (χ1) is 14.2. The van der Waals surface area contributed by atoms with Gasteiger partial charge in [-0.25, -0.2) is 13.9 Å². The summed E-state index contributed by atoms with van der Waals surface area (Å²) in [7, 11) is -2.95. The normalized spacial score (nSPS) is 19.1. The molecule has 0 aromatic heterocycles. The second-order valence-corrected chi connectivity index (χ2v) is 10.1. The Morgan fingerprint density at radius 1 is 1.13 bits per heavy atom. The molecule has 158 valence electrons. The van der Waals surface area contributed by atoms with E-state index in [1.165, 1.54) is 36.9 Å². The minimum absolute atomic E-state index is 0.165. The highest BCUT2D eigenvalue weighted by Crippen LogP contribution is 2.47. The largest absolute Gasteiger partial charge is 0.497 e. The minimum Gasteiger partial charge on any atom is -0.497 e. The number of hydroxylamine groups is 1. The molecule has 9 nitrogen and oxygen atoms in total. The van der Waals surface area contributed by atoms with Gasteiger partial charge in [0.25, 0.3) is 17.1 Å². The molecule has 0 radical (unpaired) electrons. The predicted molar refractivity (Wildman–Crippen MR) is 108 cm³/mol. The second-order valence-electron chi connectivity index (χ2n) is 6.39. The van der Waals surface area contributed by atoms with Gasteiger partial charge in [0.1, 0.15) is 12.3 Å². The Kier molecular flexibility index (Phi) is 6.15. The molecule has 0 saturated carbocycles. The Morgan fingerprint density at radius 3 is 2.33 bits per heavy atom. The second kappa shape index (κ2) is 8.46. The van der Waals surface area contributed by atoms with E-state index in [1.54, 1.807) is 30.3 Å². The molecule has 1 unspecified atom stereocenters. The maximum Gasteiger partial charge on any atom is 0.290 e. The minimum atomic E-state index is -4.38. The number of carbonyl (C=O) groups excluding carboxylic acids is 3. The van der Waals surface area contributed by atoms with E-state index in [-0.39, 0.29) is 11.3 Å². The average molecular weight is 450 g/mol. The van der Waals surface area contributed by atoms with Crippen molar-refractivity contribution in [3.8, 4) is 5.75 Å². The number of ether oxygens (including phenoxy) is 1. The molecule has 1 aliphatic rings. The molecular weight excluding hydrogens is 432 g/mol. The maximum atomic E-state index is 13.6. The number of imide groups is 1. The number of nitrogens with zero attached hydrogens (tertiary/aromatic N) is 1. The third kappa shape index (κ3) is 3.78. The van der Waals surface area contributed by atoms with Crippen molar-refractivity contribution in [3.63, 3.8) is 0 Å².